The van der Waals surface area contributed by atoms with Crippen molar-refractivity contribution >= 4 is 50.7 Å². The Morgan fingerprint density at radius 1 is 1.00 bits per heavy atom. The fourth-order valence-electron chi connectivity index (χ4n) is 3.93. The van der Waals surface area contributed by atoms with Gasteiger partial charge >= 0.3 is 5.97 Å². The summed E-state index contributed by atoms with van der Waals surface area (Å²) >= 11 is 3.36. The summed E-state index contributed by atoms with van der Waals surface area (Å²) in [7, 11) is 0. The van der Waals surface area contributed by atoms with Crippen molar-refractivity contribution in [3.05, 3.63) is 110 Å². The van der Waals surface area contributed by atoms with Crippen LogP contribution < -0.4 is 4.90 Å². The van der Waals surface area contributed by atoms with E-state index in [0.717, 1.165) is 4.47 Å². The predicted molar refractivity (Wildman–Crippen MR) is 134 cm³/mol. The topological polar surface area (TPSA) is 127 Å². The van der Waals surface area contributed by atoms with E-state index >= 15 is 0 Å². The van der Waals surface area contributed by atoms with Crippen molar-refractivity contribution in [2.75, 3.05) is 11.5 Å². The van der Waals surface area contributed by atoms with Gasteiger partial charge in [0.05, 0.1) is 28.7 Å². The van der Waals surface area contributed by atoms with E-state index in [4.69, 9.17) is 4.74 Å². The summed E-state index contributed by atoms with van der Waals surface area (Å²) in [6, 6.07) is 17.0. The molecule has 0 aromatic heterocycles. The molecule has 4 rings (SSSR count). The SMILES string of the molecule is CCOC(=O)c1ccc(N2C(=O)C(=O)C(=C(O)c3ccc([N+](=O)[O-])cc3)[C@@H]2c2ccc(Br)cc2)cc1. The van der Waals surface area contributed by atoms with E-state index in [1.807, 2.05) is 0 Å². The number of ether oxygens (including phenoxy) is 1. The number of anilines is 1. The van der Waals surface area contributed by atoms with E-state index in [1.165, 1.54) is 53.4 Å². The number of non-ortho nitro benzene ring substituents is 1. The molecule has 0 spiro atoms. The Labute approximate surface area is 213 Å². The van der Waals surface area contributed by atoms with Gasteiger partial charge in [0.1, 0.15) is 5.76 Å². The molecule has 1 atom stereocenters. The molecule has 0 unspecified atom stereocenters. The van der Waals surface area contributed by atoms with Gasteiger partial charge in [-0.1, -0.05) is 28.1 Å². The molecule has 1 amide bonds. The average molecular weight is 551 g/mol. The number of aliphatic hydroxyl groups excluding tert-OH is 1. The third kappa shape index (κ3) is 4.63. The molecule has 10 heteroatoms. The Kier molecular flexibility index (Phi) is 6.98. The van der Waals surface area contributed by atoms with Gasteiger partial charge < -0.3 is 9.84 Å². The van der Waals surface area contributed by atoms with Crippen LogP contribution in [0.3, 0.4) is 0 Å². The van der Waals surface area contributed by atoms with Crippen LogP contribution in [0.15, 0.2) is 82.8 Å². The molecular weight excluding hydrogens is 532 g/mol. The molecule has 1 heterocycles. The molecule has 1 fully saturated rings. The number of hydrogen-bond acceptors (Lipinski definition) is 7. The average Bonchev–Trinajstić information content (AvgIpc) is 3.14. The van der Waals surface area contributed by atoms with Gasteiger partial charge in [0, 0.05) is 27.9 Å². The standard InChI is InChI=1S/C26H19BrN2O7/c1-2-36-26(33)17-7-11-19(12-8-17)28-22(15-3-9-18(27)10-4-15)21(24(31)25(28)32)23(30)16-5-13-20(14-6-16)29(34)35/h3-14,22,30H,2H2,1H3/t22-/m0/s1. The number of amides is 1. The van der Waals surface area contributed by atoms with Crippen LogP contribution in [0.4, 0.5) is 11.4 Å². The Morgan fingerprint density at radius 2 is 1.58 bits per heavy atom. The van der Waals surface area contributed by atoms with Crippen LogP contribution in [0.25, 0.3) is 5.76 Å². The molecule has 3 aromatic rings. The van der Waals surface area contributed by atoms with E-state index in [9.17, 15) is 29.6 Å². The number of hydrogen-bond donors (Lipinski definition) is 1. The molecule has 3 aromatic carbocycles. The van der Waals surface area contributed by atoms with Gasteiger partial charge in [0.15, 0.2) is 0 Å². The normalized spacial score (nSPS) is 16.7. The van der Waals surface area contributed by atoms with E-state index < -0.39 is 34.4 Å². The van der Waals surface area contributed by atoms with Crippen LogP contribution in [0.2, 0.25) is 0 Å². The zero-order chi connectivity index (χ0) is 26.0. The lowest BCUT2D eigenvalue weighted by Gasteiger charge is -2.25. The maximum absolute atomic E-state index is 13.2. The molecule has 0 saturated carbocycles. The maximum Gasteiger partial charge on any atom is 0.338 e. The van der Waals surface area contributed by atoms with Crippen LogP contribution in [-0.2, 0) is 14.3 Å². The van der Waals surface area contributed by atoms with Crippen LogP contribution >= 0.6 is 15.9 Å². The van der Waals surface area contributed by atoms with Crippen LogP contribution in [0.1, 0.15) is 34.5 Å². The highest BCUT2D eigenvalue weighted by atomic mass is 79.9. The third-order valence-corrected chi connectivity index (χ3v) is 6.17. The highest BCUT2D eigenvalue weighted by Crippen LogP contribution is 2.42. The molecular formula is C26H19BrN2O7. The molecule has 1 aliphatic heterocycles. The van der Waals surface area contributed by atoms with Crippen LogP contribution in [0.5, 0.6) is 0 Å². The maximum atomic E-state index is 13.2. The van der Waals surface area contributed by atoms with Crippen molar-refractivity contribution in [2.24, 2.45) is 0 Å². The Balaban J connectivity index is 1.84. The second-order valence-corrected chi connectivity index (χ2v) is 8.71. The van der Waals surface area contributed by atoms with E-state index in [1.54, 1.807) is 31.2 Å². The highest BCUT2D eigenvalue weighted by Gasteiger charge is 2.47. The smallest absolute Gasteiger partial charge is 0.338 e. The number of benzene rings is 3. The number of Topliss-reactive ketones (excluding diaryl/α,β-unsaturated/α-hetero) is 1. The summed E-state index contributed by atoms with van der Waals surface area (Å²) in [5, 5.41) is 22.1. The summed E-state index contributed by atoms with van der Waals surface area (Å²) in [4.78, 5) is 50.1. The van der Waals surface area contributed by atoms with Crippen LogP contribution in [-0.4, -0.2) is 34.3 Å². The number of carbonyl (C=O) groups excluding carboxylic acids is 3. The molecule has 0 bridgehead atoms. The minimum atomic E-state index is -0.985. The van der Waals surface area contributed by atoms with Crippen LogP contribution in [0, 0.1) is 10.1 Å². The predicted octanol–water partition coefficient (Wildman–Crippen LogP) is 5.16. The number of aliphatic hydroxyl groups is 1. The number of nitro groups is 1. The van der Waals surface area contributed by atoms with Crippen molar-refractivity contribution < 1.29 is 29.2 Å². The number of carbonyl (C=O) groups is 3. The summed E-state index contributed by atoms with van der Waals surface area (Å²) in [5.41, 5.74) is 0.974. The first kappa shape index (κ1) is 24.8. The lowest BCUT2D eigenvalue weighted by molar-refractivity contribution is -0.384. The largest absolute Gasteiger partial charge is 0.507 e. The van der Waals surface area contributed by atoms with Crippen molar-refractivity contribution in [3.8, 4) is 0 Å². The zero-order valence-electron chi connectivity index (χ0n) is 18.9. The fraction of sp³-hybridized carbons (Fsp3) is 0.115. The molecule has 182 valence electrons. The van der Waals surface area contributed by atoms with E-state index in [0.29, 0.717) is 11.3 Å². The van der Waals surface area contributed by atoms with Crippen molar-refractivity contribution in [2.45, 2.75) is 13.0 Å². The molecule has 1 saturated heterocycles. The number of ketones is 1. The Bertz CT molecular complexity index is 1380. The monoisotopic (exact) mass is 550 g/mol. The van der Waals surface area contributed by atoms with Crippen molar-refractivity contribution in [1.29, 1.82) is 0 Å². The number of rotatable bonds is 6. The van der Waals surface area contributed by atoms with E-state index in [-0.39, 0.29) is 29.0 Å². The fourth-order valence-corrected chi connectivity index (χ4v) is 4.19. The van der Waals surface area contributed by atoms with Crippen molar-refractivity contribution in [3.63, 3.8) is 0 Å². The zero-order valence-corrected chi connectivity index (χ0v) is 20.5. The Morgan fingerprint density at radius 3 is 2.14 bits per heavy atom. The molecule has 0 aliphatic carbocycles. The number of halogens is 1. The minimum absolute atomic E-state index is 0.151. The number of esters is 1. The third-order valence-electron chi connectivity index (χ3n) is 5.64. The highest BCUT2D eigenvalue weighted by molar-refractivity contribution is 9.10. The van der Waals surface area contributed by atoms with Gasteiger partial charge in [-0.25, -0.2) is 4.79 Å². The Hall–Kier alpha value is -4.31. The summed E-state index contributed by atoms with van der Waals surface area (Å²) in [5.74, 6) is -2.75. The van der Waals surface area contributed by atoms with E-state index in [2.05, 4.69) is 15.9 Å². The van der Waals surface area contributed by atoms with Gasteiger partial charge in [-0.3, -0.25) is 24.6 Å². The summed E-state index contributed by atoms with van der Waals surface area (Å²) in [6.07, 6.45) is 0. The first-order valence-corrected chi connectivity index (χ1v) is 11.6. The second-order valence-electron chi connectivity index (χ2n) is 7.79. The first-order valence-electron chi connectivity index (χ1n) is 10.8. The van der Waals surface area contributed by atoms with Gasteiger partial charge in [0.2, 0.25) is 0 Å². The molecule has 9 nitrogen and oxygen atoms in total. The first-order chi connectivity index (χ1) is 17.2. The summed E-state index contributed by atoms with van der Waals surface area (Å²) < 4.78 is 5.77. The van der Waals surface area contributed by atoms with Gasteiger partial charge in [-0.15, -0.1) is 0 Å². The molecule has 36 heavy (non-hydrogen) atoms. The molecule has 1 N–H and O–H groups in total. The quantitative estimate of drug-likeness (QED) is 0.112. The van der Waals surface area contributed by atoms with Gasteiger partial charge in [0.25, 0.3) is 17.4 Å². The second kappa shape index (κ2) is 10.1. The lowest BCUT2D eigenvalue weighted by Crippen LogP contribution is -2.29. The van der Waals surface area contributed by atoms with Crippen molar-refractivity contribution in [1.82, 2.24) is 0 Å². The lowest BCUT2D eigenvalue weighted by atomic mass is 9.95. The number of nitro benzene ring substituents is 1. The molecule has 0 radical (unpaired) electrons. The molecule has 1 aliphatic rings. The minimum Gasteiger partial charge on any atom is -0.507 e. The van der Waals surface area contributed by atoms with Gasteiger partial charge in [-0.05, 0) is 61.0 Å². The number of nitrogens with zero attached hydrogens (tertiary/aromatic N) is 2. The van der Waals surface area contributed by atoms with Gasteiger partial charge in [-0.2, -0.15) is 0 Å². The summed E-state index contributed by atoms with van der Waals surface area (Å²) in [6.45, 7) is 1.90.